The Morgan fingerprint density at radius 2 is 0.850 bits per heavy atom. The Bertz CT molecular complexity index is 977. The number of allylic oxidation sites excluding steroid dienone is 6. The summed E-state index contributed by atoms with van der Waals surface area (Å²) in [4.78, 5) is 24.4. The first kappa shape index (κ1) is 58.1. The highest BCUT2D eigenvalue weighted by Gasteiger charge is 2.20. The molecule has 0 aromatic carbocycles. The van der Waals surface area contributed by atoms with Crippen LogP contribution in [0.5, 0.6) is 0 Å². The largest absolute Gasteiger partial charge is 0.466 e. The van der Waals surface area contributed by atoms with E-state index in [2.05, 4.69) is 55.6 Å². The predicted molar refractivity (Wildman–Crippen MR) is 259 cm³/mol. The summed E-state index contributed by atoms with van der Waals surface area (Å²) in [6.45, 7) is 4.86. The van der Waals surface area contributed by atoms with Gasteiger partial charge in [0.1, 0.15) is 0 Å². The summed E-state index contributed by atoms with van der Waals surface area (Å²) in [5.74, 6) is -0.0707. The first-order valence-electron chi connectivity index (χ1n) is 26.3. The lowest BCUT2D eigenvalue weighted by atomic mass is 10.0. The zero-order chi connectivity index (χ0) is 43.7. The van der Waals surface area contributed by atoms with Crippen LogP contribution in [0.25, 0.3) is 0 Å². The van der Waals surface area contributed by atoms with Crippen LogP contribution >= 0.6 is 0 Å². The zero-order valence-corrected chi connectivity index (χ0v) is 39.9. The smallest absolute Gasteiger partial charge is 0.305 e. The molecule has 0 aliphatic heterocycles. The molecule has 60 heavy (non-hydrogen) atoms. The quantitative estimate of drug-likeness (QED) is 0.0245. The molecule has 352 valence electrons. The SMILES string of the molecule is CCCC/C=C\CCCCCCCC(=O)OCCCCC/C=C\C=C/CCCCCCCCCCCCC(=O)NC(CO)C(O)CCCCCCCCCCCCCCC. The molecule has 2 unspecified atom stereocenters. The van der Waals surface area contributed by atoms with Crippen molar-refractivity contribution < 1.29 is 24.5 Å². The lowest BCUT2D eigenvalue weighted by Crippen LogP contribution is -2.45. The molecule has 0 heterocycles. The van der Waals surface area contributed by atoms with Gasteiger partial charge in [-0.15, -0.1) is 0 Å². The second-order valence-corrected chi connectivity index (χ2v) is 17.9. The number of aliphatic hydroxyl groups excluding tert-OH is 2. The number of rotatable bonds is 48. The van der Waals surface area contributed by atoms with Crippen molar-refractivity contribution in [3.8, 4) is 0 Å². The maximum absolute atomic E-state index is 12.4. The van der Waals surface area contributed by atoms with Crippen LogP contribution in [0.1, 0.15) is 271 Å². The Morgan fingerprint density at radius 1 is 0.467 bits per heavy atom. The molecule has 0 rings (SSSR count). The van der Waals surface area contributed by atoms with Gasteiger partial charge in [-0.2, -0.15) is 0 Å². The molecule has 6 nitrogen and oxygen atoms in total. The molecule has 0 saturated heterocycles. The molecule has 0 saturated carbocycles. The zero-order valence-electron chi connectivity index (χ0n) is 39.9. The minimum absolute atomic E-state index is 0.0250. The average molecular weight is 844 g/mol. The molecule has 0 spiro atoms. The summed E-state index contributed by atoms with van der Waals surface area (Å²) < 4.78 is 5.42. The molecule has 3 N–H and O–H groups in total. The van der Waals surface area contributed by atoms with E-state index in [0.717, 1.165) is 70.6 Å². The van der Waals surface area contributed by atoms with Crippen LogP contribution in [-0.2, 0) is 14.3 Å². The van der Waals surface area contributed by atoms with Crippen molar-refractivity contribution in [1.82, 2.24) is 5.32 Å². The van der Waals surface area contributed by atoms with Gasteiger partial charge in [0.15, 0.2) is 0 Å². The monoisotopic (exact) mass is 844 g/mol. The third-order valence-corrected chi connectivity index (χ3v) is 11.9. The van der Waals surface area contributed by atoms with E-state index in [1.165, 1.54) is 167 Å². The van der Waals surface area contributed by atoms with Crippen molar-refractivity contribution in [2.24, 2.45) is 0 Å². The number of ether oxygens (including phenoxy) is 1. The van der Waals surface area contributed by atoms with E-state index in [9.17, 15) is 19.8 Å². The van der Waals surface area contributed by atoms with E-state index in [4.69, 9.17) is 4.74 Å². The molecule has 0 fully saturated rings. The normalized spacial score (nSPS) is 12.9. The van der Waals surface area contributed by atoms with Crippen LogP contribution in [0.3, 0.4) is 0 Å². The van der Waals surface area contributed by atoms with Gasteiger partial charge in [0.25, 0.3) is 0 Å². The summed E-state index contributed by atoms with van der Waals surface area (Å²) in [7, 11) is 0. The highest BCUT2D eigenvalue weighted by molar-refractivity contribution is 5.76. The van der Waals surface area contributed by atoms with Crippen molar-refractivity contribution in [2.45, 2.75) is 283 Å². The Hall–Kier alpha value is -1.92. The number of unbranched alkanes of at least 4 members (excludes halogenated alkanes) is 32. The highest BCUT2D eigenvalue weighted by atomic mass is 16.5. The van der Waals surface area contributed by atoms with Gasteiger partial charge < -0.3 is 20.3 Å². The Morgan fingerprint density at radius 3 is 1.33 bits per heavy atom. The fraction of sp³-hybridized carbons (Fsp3) is 0.852. The Kier molecular flexibility index (Phi) is 48.1. The molecule has 0 aromatic heterocycles. The number of hydrogen-bond donors (Lipinski definition) is 3. The van der Waals surface area contributed by atoms with Crippen LogP contribution in [-0.4, -0.2) is 47.4 Å². The third-order valence-electron chi connectivity index (χ3n) is 11.9. The fourth-order valence-electron chi connectivity index (χ4n) is 7.85. The van der Waals surface area contributed by atoms with Gasteiger partial charge in [-0.05, 0) is 77.0 Å². The summed E-state index contributed by atoms with van der Waals surface area (Å²) in [6.07, 6.45) is 59.8. The molecule has 0 aliphatic carbocycles. The Labute approximate surface area is 373 Å². The highest BCUT2D eigenvalue weighted by Crippen LogP contribution is 2.16. The summed E-state index contributed by atoms with van der Waals surface area (Å²) in [5, 5.41) is 23.2. The van der Waals surface area contributed by atoms with Crippen LogP contribution in [0.15, 0.2) is 36.5 Å². The van der Waals surface area contributed by atoms with Crippen LogP contribution in [0.2, 0.25) is 0 Å². The van der Waals surface area contributed by atoms with Crippen LogP contribution in [0.4, 0.5) is 0 Å². The fourth-order valence-corrected chi connectivity index (χ4v) is 7.85. The molecular formula is C54H101NO5. The number of nitrogens with one attached hydrogen (secondary N) is 1. The lowest BCUT2D eigenvalue weighted by Gasteiger charge is -2.22. The van der Waals surface area contributed by atoms with Crippen molar-refractivity contribution in [1.29, 1.82) is 0 Å². The van der Waals surface area contributed by atoms with E-state index in [1.807, 2.05) is 0 Å². The first-order valence-corrected chi connectivity index (χ1v) is 26.3. The van der Waals surface area contributed by atoms with Gasteiger partial charge in [0, 0.05) is 12.8 Å². The molecule has 0 radical (unpaired) electrons. The van der Waals surface area contributed by atoms with E-state index >= 15 is 0 Å². The molecule has 6 heteroatoms. The van der Waals surface area contributed by atoms with E-state index < -0.39 is 12.1 Å². The van der Waals surface area contributed by atoms with Crippen molar-refractivity contribution >= 4 is 11.9 Å². The van der Waals surface area contributed by atoms with Crippen molar-refractivity contribution in [2.75, 3.05) is 13.2 Å². The van der Waals surface area contributed by atoms with E-state index in [1.54, 1.807) is 0 Å². The molecule has 0 bridgehead atoms. The minimum atomic E-state index is -0.670. The molecule has 0 aromatic rings. The maximum Gasteiger partial charge on any atom is 0.305 e. The average Bonchev–Trinajstić information content (AvgIpc) is 3.25. The topological polar surface area (TPSA) is 95.9 Å². The number of carbonyl (C=O) groups is 2. The van der Waals surface area contributed by atoms with Gasteiger partial charge in [-0.25, -0.2) is 0 Å². The number of carbonyl (C=O) groups excluding carboxylic acids is 2. The first-order chi connectivity index (χ1) is 29.5. The summed E-state index contributed by atoms with van der Waals surface area (Å²) >= 11 is 0. The van der Waals surface area contributed by atoms with Gasteiger partial charge >= 0.3 is 5.97 Å². The second kappa shape index (κ2) is 49.7. The van der Waals surface area contributed by atoms with Gasteiger partial charge in [0.2, 0.25) is 5.91 Å². The Balaban J connectivity index is 3.49. The molecule has 2 atom stereocenters. The van der Waals surface area contributed by atoms with Gasteiger partial charge in [-0.3, -0.25) is 9.59 Å². The number of amides is 1. The summed E-state index contributed by atoms with van der Waals surface area (Å²) in [5.41, 5.74) is 0. The van der Waals surface area contributed by atoms with E-state index in [-0.39, 0.29) is 18.5 Å². The molecular weight excluding hydrogens is 743 g/mol. The van der Waals surface area contributed by atoms with Gasteiger partial charge in [-0.1, -0.05) is 217 Å². The van der Waals surface area contributed by atoms with Crippen LogP contribution < -0.4 is 5.32 Å². The maximum atomic E-state index is 12.4. The summed E-state index contributed by atoms with van der Waals surface area (Å²) in [6, 6.07) is -0.548. The predicted octanol–water partition coefficient (Wildman–Crippen LogP) is 15.7. The minimum Gasteiger partial charge on any atom is -0.466 e. The third kappa shape index (κ3) is 45.6. The standard InChI is InChI=1S/C54H101NO5/c1-3-5-7-9-11-13-15-23-27-30-34-38-42-46-52(57)51(50-56)55-53(58)47-43-39-35-31-28-24-21-19-17-16-18-20-22-25-29-33-37-41-45-49-60-54(59)48-44-40-36-32-26-14-12-10-8-6-4-2/h10,12,20,22,25,29,51-52,56-57H,3-9,11,13-19,21,23-24,26-28,30-50H2,1-2H3,(H,55,58)/b12-10-,22-20-,29-25-. The number of hydrogen-bond acceptors (Lipinski definition) is 5. The van der Waals surface area contributed by atoms with Crippen molar-refractivity contribution in [3.05, 3.63) is 36.5 Å². The van der Waals surface area contributed by atoms with Crippen LogP contribution in [0, 0.1) is 0 Å². The number of aliphatic hydroxyl groups is 2. The van der Waals surface area contributed by atoms with Crippen molar-refractivity contribution in [3.63, 3.8) is 0 Å². The molecule has 1 amide bonds. The van der Waals surface area contributed by atoms with Gasteiger partial charge in [0.05, 0.1) is 25.4 Å². The number of esters is 1. The molecule has 0 aliphatic rings. The lowest BCUT2D eigenvalue weighted by molar-refractivity contribution is -0.143. The van der Waals surface area contributed by atoms with E-state index in [0.29, 0.717) is 25.9 Å². The second-order valence-electron chi connectivity index (χ2n) is 17.9.